The van der Waals surface area contributed by atoms with Crippen LogP contribution in [0, 0.1) is 0 Å². The van der Waals surface area contributed by atoms with Gasteiger partial charge in [0.1, 0.15) is 12.4 Å². The van der Waals surface area contributed by atoms with E-state index in [-0.39, 0.29) is 6.04 Å². The van der Waals surface area contributed by atoms with Gasteiger partial charge in [0.2, 0.25) is 0 Å². The molecule has 0 bridgehead atoms. The topological polar surface area (TPSA) is 89.7 Å². The average Bonchev–Trinajstić information content (AvgIpc) is 3.20. The third kappa shape index (κ3) is 3.73. The highest BCUT2D eigenvalue weighted by atomic mass is 16.5. The molecular formula is C24H21N5O. The summed E-state index contributed by atoms with van der Waals surface area (Å²) in [6.45, 7) is 0.415. The Morgan fingerprint density at radius 1 is 1.00 bits per heavy atom. The van der Waals surface area contributed by atoms with E-state index in [1.807, 2.05) is 48.8 Å². The van der Waals surface area contributed by atoms with Crippen molar-refractivity contribution in [3.63, 3.8) is 0 Å². The second-order valence-corrected chi connectivity index (χ2v) is 7.35. The predicted molar refractivity (Wildman–Crippen MR) is 118 cm³/mol. The van der Waals surface area contributed by atoms with E-state index < -0.39 is 0 Å². The molecule has 1 atom stereocenters. The first-order valence-electron chi connectivity index (χ1n) is 9.86. The Balaban J connectivity index is 1.28. The van der Waals surface area contributed by atoms with Crippen molar-refractivity contribution >= 4 is 21.8 Å². The van der Waals surface area contributed by atoms with Crippen LogP contribution in [0.4, 0.5) is 0 Å². The molecule has 6 heteroatoms. The van der Waals surface area contributed by atoms with E-state index in [1.54, 1.807) is 12.4 Å². The van der Waals surface area contributed by atoms with E-state index >= 15 is 0 Å². The lowest BCUT2D eigenvalue weighted by molar-refractivity contribution is 0.287. The van der Waals surface area contributed by atoms with Crippen LogP contribution >= 0.6 is 0 Å². The molecule has 5 aromatic rings. The lowest BCUT2D eigenvalue weighted by Gasteiger charge is -2.13. The van der Waals surface area contributed by atoms with Crippen molar-refractivity contribution in [2.75, 3.05) is 6.61 Å². The fourth-order valence-electron chi connectivity index (χ4n) is 3.67. The van der Waals surface area contributed by atoms with Gasteiger partial charge in [-0.05, 0) is 47.9 Å². The molecule has 3 N–H and O–H groups in total. The number of aromatic amines is 1. The third-order valence-electron chi connectivity index (χ3n) is 5.18. The van der Waals surface area contributed by atoms with E-state index in [4.69, 9.17) is 10.5 Å². The maximum atomic E-state index is 6.34. The van der Waals surface area contributed by atoms with Crippen molar-refractivity contribution < 1.29 is 4.74 Å². The molecule has 3 heterocycles. The first-order chi connectivity index (χ1) is 14.8. The number of H-pyrrole nitrogens is 1. The molecule has 0 amide bonds. The number of para-hydroxylation sites is 1. The Morgan fingerprint density at radius 3 is 2.90 bits per heavy atom. The van der Waals surface area contributed by atoms with Gasteiger partial charge in [-0.25, -0.2) is 0 Å². The molecule has 148 valence electrons. The lowest BCUT2D eigenvalue weighted by atomic mass is 10.1. The monoisotopic (exact) mass is 395 g/mol. The number of hydrogen-bond acceptors (Lipinski definition) is 5. The van der Waals surface area contributed by atoms with Crippen LogP contribution in [0.5, 0.6) is 5.75 Å². The third-order valence-corrected chi connectivity index (χ3v) is 5.18. The van der Waals surface area contributed by atoms with Gasteiger partial charge in [-0.2, -0.15) is 10.2 Å². The van der Waals surface area contributed by atoms with Gasteiger partial charge in [0.25, 0.3) is 0 Å². The number of pyridine rings is 1. The number of nitrogens with one attached hydrogen (secondary N) is 1. The molecular weight excluding hydrogens is 374 g/mol. The highest BCUT2D eigenvalue weighted by molar-refractivity contribution is 5.84. The Morgan fingerprint density at radius 2 is 1.93 bits per heavy atom. The highest BCUT2D eigenvalue weighted by Gasteiger charge is 2.10. The van der Waals surface area contributed by atoms with Crippen molar-refractivity contribution in [1.82, 2.24) is 20.2 Å². The van der Waals surface area contributed by atoms with Gasteiger partial charge in [0.05, 0.1) is 17.9 Å². The average molecular weight is 395 g/mol. The smallest absolute Gasteiger partial charge is 0.138 e. The Hall–Kier alpha value is -3.77. The van der Waals surface area contributed by atoms with Gasteiger partial charge in [0, 0.05) is 40.3 Å². The van der Waals surface area contributed by atoms with Gasteiger partial charge in [0.15, 0.2) is 0 Å². The Labute approximate surface area is 173 Å². The summed E-state index contributed by atoms with van der Waals surface area (Å²) in [5, 5.41) is 10.3. The molecule has 5 rings (SSSR count). The standard InChI is InChI=1S/C24H21N5O/c25-20(10-19-13-27-24-4-2-1-3-22(19)24)15-30-21-11-18(12-26-14-21)16-5-6-23-17(9-16)7-8-28-29-23/h1-9,11-14,20,27H,10,15,25H2/t20-/m0/s1. The molecule has 0 radical (unpaired) electrons. The number of benzene rings is 2. The molecule has 0 aliphatic carbocycles. The van der Waals surface area contributed by atoms with Gasteiger partial charge < -0.3 is 15.5 Å². The number of nitrogens with two attached hydrogens (primary N) is 1. The SMILES string of the molecule is N[C@H](COc1cncc(-c2ccc3nnccc3c2)c1)Cc1c[nH]c2ccccc12. The molecule has 0 aliphatic rings. The number of ether oxygens (including phenoxy) is 1. The first-order valence-corrected chi connectivity index (χ1v) is 9.86. The van der Waals surface area contributed by atoms with Crippen molar-refractivity contribution in [3.05, 3.63) is 84.9 Å². The summed E-state index contributed by atoms with van der Waals surface area (Å²) in [6, 6.07) is 18.1. The summed E-state index contributed by atoms with van der Waals surface area (Å²) >= 11 is 0. The molecule has 0 saturated heterocycles. The van der Waals surface area contributed by atoms with Crippen molar-refractivity contribution in [1.29, 1.82) is 0 Å². The molecule has 0 fully saturated rings. The van der Waals surface area contributed by atoms with Crippen LogP contribution in [0.25, 0.3) is 32.9 Å². The van der Waals surface area contributed by atoms with E-state index in [0.717, 1.165) is 34.0 Å². The van der Waals surface area contributed by atoms with E-state index in [9.17, 15) is 0 Å². The van der Waals surface area contributed by atoms with E-state index in [1.165, 1.54) is 10.9 Å². The van der Waals surface area contributed by atoms with Gasteiger partial charge >= 0.3 is 0 Å². The lowest BCUT2D eigenvalue weighted by Crippen LogP contribution is -2.30. The largest absolute Gasteiger partial charge is 0.490 e. The molecule has 0 saturated carbocycles. The van der Waals surface area contributed by atoms with Crippen molar-refractivity contribution in [3.8, 4) is 16.9 Å². The summed E-state index contributed by atoms with van der Waals surface area (Å²) < 4.78 is 5.96. The second kappa shape index (κ2) is 7.93. The number of rotatable bonds is 6. The van der Waals surface area contributed by atoms with Crippen LogP contribution in [0.1, 0.15) is 5.56 Å². The van der Waals surface area contributed by atoms with Gasteiger partial charge in [-0.3, -0.25) is 4.98 Å². The van der Waals surface area contributed by atoms with Crippen LogP contribution in [-0.4, -0.2) is 32.8 Å². The summed E-state index contributed by atoms with van der Waals surface area (Å²) in [7, 11) is 0. The molecule has 0 unspecified atom stereocenters. The minimum absolute atomic E-state index is 0.118. The second-order valence-electron chi connectivity index (χ2n) is 7.35. The fraction of sp³-hybridized carbons (Fsp3) is 0.125. The van der Waals surface area contributed by atoms with E-state index in [0.29, 0.717) is 12.4 Å². The van der Waals surface area contributed by atoms with Gasteiger partial charge in [-0.15, -0.1) is 0 Å². The molecule has 30 heavy (non-hydrogen) atoms. The number of hydrogen-bond donors (Lipinski definition) is 2. The van der Waals surface area contributed by atoms with E-state index in [2.05, 4.69) is 38.4 Å². The summed E-state index contributed by atoms with van der Waals surface area (Å²) in [6.07, 6.45) is 8.00. The zero-order valence-corrected chi connectivity index (χ0v) is 16.3. The molecule has 0 aliphatic heterocycles. The Kier molecular flexibility index (Phi) is 4.83. The molecule has 2 aromatic carbocycles. The normalized spacial score (nSPS) is 12.3. The van der Waals surface area contributed by atoms with Crippen LogP contribution in [0.15, 0.2) is 79.4 Å². The Bertz CT molecular complexity index is 1310. The minimum Gasteiger partial charge on any atom is -0.490 e. The van der Waals surface area contributed by atoms with Crippen LogP contribution in [-0.2, 0) is 6.42 Å². The number of nitrogens with zero attached hydrogens (tertiary/aromatic N) is 3. The molecule has 0 spiro atoms. The fourth-order valence-corrected chi connectivity index (χ4v) is 3.67. The first kappa shape index (κ1) is 18.3. The van der Waals surface area contributed by atoms with Crippen LogP contribution in [0.3, 0.4) is 0 Å². The van der Waals surface area contributed by atoms with Crippen molar-refractivity contribution in [2.45, 2.75) is 12.5 Å². The zero-order valence-electron chi connectivity index (χ0n) is 16.3. The minimum atomic E-state index is -0.118. The quantitative estimate of drug-likeness (QED) is 0.451. The highest BCUT2D eigenvalue weighted by Crippen LogP contribution is 2.26. The summed E-state index contributed by atoms with van der Waals surface area (Å²) in [5.41, 5.74) is 11.6. The zero-order chi connectivity index (χ0) is 20.3. The maximum Gasteiger partial charge on any atom is 0.138 e. The number of aromatic nitrogens is 4. The molecule has 3 aromatic heterocycles. The van der Waals surface area contributed by atoms with Crippen molar-refractivity contribution in [2.24, 2.45) is 5.73 Å². The predicted octanol–water partition coefficient (Wildman–Crippen LogP) is 4.12. The van der Waals surface area contributed by atoms with Gasteiger partial charge in [-0.1, -0.05) is 24.3 Å². The summed E-state index contributed by atoms with van der Waals surface area (Å²) in [5.74, 6) is 0.704. The summed E-state index contributed by atoms with van der Waals surface area (Å²) in [4.78, 5) is 7.63. The van der Waals surface area contributed by atoms with Crippen LogP contribution < -0.4 is 10.5 Å². The number of fused-ring (bicyclic) bond motifs is 2. The van der Waals surface area contributed by atoms with Crippen LogP contribution in [0.2, 0.25) is 0 Å². The molecule has 6 nitrogen and oxygen atoms in total. The maximum absolute atomic E-state index is 6.34.